The predicted molar refractivity (Wildman–Crippen MR) is 125 cm³/mol. The fourth-order valence-corrected chi connectivity index (χ4v) is 5.44. The second-order valence-corrected chi connectivity index (χ2v) is 9.90. The molecule has 4 rings (SSSR count). The summed E-state index contributed by atoms with van der Waals surface area (Å²) in [6.45, 7) is 7.26. The van der Waals surface area contributed by atoms with Gasteiger partial charge in [0.1, 0.15) is 16.2 Å². The number of hydrogen-bond acceptors (Lipinski definition) is 8. The summed E-state index contributed by atoms with van der Waals surface area (Å²) in [5, 5.41) is 15.3. The van der Waals surface area contributed by atoms with Crippen molar-refractivity contribution in [2.24, 2.45) is 0 Å². The molecule has 32 heavy (non-hydrogen) atoms. The van der Waals surface area contributed by atoms with Crippen molar-refractivity contribution in [1.29, 1.82) is 0 Å². The van der Waals surface area contributed by atoms with E-state index in [2.05, 4.69) is 26.3 Å². The first-order valence-electron chi connectivity index (χ1n) is 10.7. The number of rotatable bonds is 5. The van der Waals surface area contributed by atoms with Crippen LogP contribution in [0.2, 0.25) is 0 Å². The highest BCUT2D eigenvalue weighted by Crippen LogP contribution is 2.46. The lowest BCUT2D eigenvalue weighted by atomic mass is 9.76. The lowest BCUT2D eigenvalue weighted by Crippen LogP contribution is -2.44. The zero-order valence-corrected chi connectivity index (χ0v) is 19.6. The maximum atomic E-state index is 11.5. The van der Waals surface area contributed by atoms with E-state index in [4.69, 9.17) is 4.74 Å². The Bertz CT molecular complexity index is 1150. The summed E-state index contributed by atoms with van der Waals surface area (Å²) in [5.41, 5.74) is 2.09. The van der Waals surface area contributed by atoms with Gasteiger partial charge in [0.25, 0.3) is 0 Å². The van der Waals surface area contributed by atoms with Gasteiger partial charge in [0.05, 0.1) is 4.88 Å². The molecule has 1 aromatic carbocycles. The van der Waals surface area contributed by atoms with E-state index in [9.17, 15) is 9.90 Å². The Morgan fingerprint density at radius 1 is 1.22 bits per heavy atom. The fraction of sp³-hybridized carbons (Fsp3) is 0.417. The molecule has 3 aromatic rings. The molecular formula is C24H28N4O3S. The molecule has 1 aliphatic carbocycles. The average molecular weight is 453 g/mol. The molecule has 0 aliphatic heterocycles. The van der Waals surface area contributed by atoms with E-state index in [0.29, 0.717) is 23.8 Å². The summed E-state index contributed by atoms with van der Waals surface area (Å²) >= 11 is 1.48. The molecule has 1 saturated carbocycles. The molecule has 1 fully saturated rings. The summed E-state index contributed by atoms with van der Waals surface area (Å²) in [7, 11) is 0. The minimum atomic E-state index is -1.11. The van der Waals surface area contributed by atoms with E-state index < -0.39 is 11.2 Å². The Morgan fingerprint density at radius 3 is 2.78 bits per heavy atom. The highest BCUT2D eigenvalue weighted by Gasteiger charge is 2.46. The van der Waals surface area contributed by atoms with Gasteiger partial charge in [0, 0.05) is 37.1 Å². The fourth-order valence-electron chi connectivity index (χ4n) is 4.43. The molecule has 2 atom stereocenters. The van der Waals surface area contributed by atoms with Crippen LogP contribution in [0.15, 0.2) is 36.7 Å². The predicted octanol–water partition coefficient (Wildman–Crippen LogP) is 5.04. The van der Waals surface area contributed by atoms with Crippen molar-refractivity contribution in [3.05, 3.63) is 52.9 Å². The van der Waals surface area contributed by atoms with E-state index in [1.807, 2.05) is 39.0 Å². The first-order chi connectivity index (χ1) is 15.1. The van der Waals surface area contributed by atoms with Gasteiger partial charge < -0.3 is 15.2 Å². The Balaban J connectivity index is 1.59. The van der Waals surface area contributed by atoms with Crippen LogP contribution in [0.5, 0.6) is 0 Å². The molecule has 0 radical (unpaired) electrons. The van der Waals surface area contributed by atoms with E-state index in [1.54, 1.807) is 12.4 Å². The lowest BCUT2D eigenvalue weighted by Gasteiger charge is -2.41. The van der Waals surface area contributed by atoms with Gasteiger partial charge in [-0.2, -0.15) is 0 Å². The molecule has 0 saturated heterocycles. The summed E-state index contributed by atoms with van der Waals surface area (Å²) in [6, 6.07) is 8.02. The summed E-state index contributed by atoms with van der Waals surface area (Å²) in [6.07, 6.45) is 5.98. The number of aryl methyl sites for hydroxylation is 2. The largest absolute Gasteiger partial charge is 0.459 e. The van der Waals surface area contributed by atoms with Crippen LogP contribution in [0, 0.1) is 13.8 Å². The molecule has 8 heteroatoms. The normalized spacial score (nSPS) is 23.0. The molecule has 2 unspecified atom stereocenters. The highest BCUT2D eigenvalue weighted by molar-refractivity contribution is 7.15. The van der Waals surface area contributed by atoms with Crippen LogP contribution in [0.25, 0.3) is 10.4 Å². The van der Waals surface area contributed by atoms with E-state index in [-0.39, 0.29) is 5.97 Å². The molecule has 0 spiro atoms. The third-order valence-corrected chi connectivity index (χ3v) is 6.91. The number of carbonyl (C=O) groups is 1. The molecule has 168 valence electrons. The topological polar surface area (TPSA) is 97.2 Å². The standard InChI is InChI=1S/C24H28N4O3S/c1-15-10-18(12-19(11-15)28-22-25-9-6-16(2)27-22)20-13-26-21(32-20)24(30)8-5-7-23(4,14-24)31-17(3)29/h6,9-13,30H,5,7-8,14H2,1-4H3,(H,25,27,28). The zero-order valence-electron chi connectivity index (χ0n) is 18.8. The molecule has 2 heterocycles. The second kappa shape index (κ2) is 8.60. The highest BCUT2D eigenvalue weighted by atomic mass is 32.1. The number of esters is 1. The van der Waals surface area contributed by atoms with Gasteiger partial charge in [0.2, 0.25) is 5.95 Å². The van der Waals surface area contributed by atoms with E-state index in [0.717, 1.165) is 40.2 Å². The first-order valence-corrected chi connectivity index (χ1v) is 11.5. The van der Waals surface area contributed by atoms with Crippen LogP contribution in [-0.2, 0) is 15.1 Å². The maximum absolute atomic E-state index is 11.5. The molecule has 0 amide bonds. The maximum Gasteiger partial charge on any atom is 0.303 e. The third kappa shape index (κ3) is 4.97. The number of carbonyl (C=O) groups excluding carboxylic acids is 1. The van der Waals surface area contributed by atoms with Crippen molar-refractivity contribution in [3.63, 3.8) is 0 Å². The SMILES string of the molecule is CC(=O)OC1(C)CCCC(O)(c2ncc(-c3cc(C)cc(Nc4nccc(C)n4)c3)s2)C1. The van der Waals surface area contributed by atoms with Gasteiger partial charge in [0.15, 0.2) is 0 Å². The van der Waals surface area contributed by atoms with Crippen LogP contribution in [0.4, 0.5) is 11.6 Å². The number of thiazole rings is 1. The summed E-state index contributed by atoms with van der Waals surface area (Å²) in [4.78, 5) is 25.8. The molecular weight excluding hydrogens is 424 g/mol. The Morgan fingerprint density at radius 2 is 2.03 bits per heavy atom. The van der Waals surface area contributed by atoms with Crippen molar-refractivity contribution in [3.8, 4) is 10.4 Å². The molecule has 7 nitrogen and oxygen atoms in total. The van der Waals surface area contributed by atoms with Crippen LogP contribution < -0.4 is 5.32 Å². The van der Waals surface area contributed by atoms with Gasteiger partial charge >= 0.3 is 5.97 Å². The van der Waals surface area contributed by atoms with Crippen molar-refractivity contribution < 1.29 is 14.6 Å². The van der Waals surface area contributed by atoms with Gasteiger partial charge in [-0.15, -0.1) is 11.3 Å². The van der Waals surface area contributed by atoms with Gasteiger partial charge in [-0.05, 0) is 69.4 Å². The lowest BCUT2D eigenvalue weighted by molar-refractivity contribution is -0.169. The van der Waals surface area contributed by atoms with Crippen LogP contribution in [-0.4, -0.2) is 31.6 Å². The monoisotopic (exact) mass is 452 g/mol. The Labute approximate surface area is 191 Å². The van der Waals surface area contributed by atoms with Crippen LogP contribution >= 0.6 is 11.3 Å². The Hall–Kier alpha value is -2.84. The number of hydrogen-bond donors (Lipinski definition) is 2. The van der Waals surface area contributed by atoms with E-state index in [1.165, 1.54) is 18.3 Å². The molecule has 2 aromatic heterocycles. The Kier molecular flexibility index (Phi) is 6.01. The molecule has 1 aliphatic rings. The third-order valence-electron chi connectivity index (χ3n) is 5.67. The number of ether oxygens (including phenoxy) is 1. The van der Waals surface area contributed by atoms with Crippen molar-refractivity contribution >= 4 is 28.9 Å². The summed E-state index contributed by atoms with van der Waals surface area (Å²) in [5.74, 6) is 0.224. The minimum Gasteiger partial charge on any atom is -0.459 e. The van der Waals surface area contributed by atoms with Crippen molar-refractivity contribution in [1.82, 2.24) is 15.0 Å². The van der Waals surface area contributed by atoms with Crippen molar-refractivity contribution in [2.45, 2.75) is 64.6 Å². The van der Waals surface area contributed by atoms with E-state index >= 15 is 0 Å². The number of aromatic nitrogens is 3. The number of nitrogens with zero attached hydrogens (tertiary/aromatic N) is 3. The van der Waals surface area contributed by atoms with Crippen LogP contribution in [0.3, 0.4) is 0 Å². The number of benzene rings is 1. The van der Waals surface area contributed by atoms with Crippen LogP contribution in [0.1, 0.15) is 55.8 Å². The zero-order chi connectivity index (χ0) is 22.9. The summed E-state index contributed by atoms with van der Waals surface area (Å²) < 4.78 is 5.54. The van der Waals surface area contributed by atoms with Gasteiger partial charge in [-0.1, -0.05) is 6.07 Å². The molecule has 2 N–H and O–H groups in total. The number of anilines is 2. The average Bonchev–Trinajstić information content (AvgIpc) is 3.17. The molecule has 0 bridgehead atoms. The number of nitrogens with one attached hydrogen (secondary N) is 1. The quantitative estimate of drug-likeness (QED) is 0.523. The first kappa shape index (κ1) is 22.4. The van der Waals surface area contributed by atoms with Crippen molar-refractivity contribution in [2.75, 3.05) is 5.32 Å². The van der Waals surface area contributed by atoms with Gasteiger partial charge in [-0.25, -0.2) is 15.0 Å². The second-order valence-electron chi connectivity index (χ2n) is 8.87. The number of aliphatic hydroxyl groups is 1. The van der Waals surface area contributed by atoms with Gasteiger partial charge in [-0.3, -0.25) is 4.79 Å². The smallest absolute Gasteiger partial charge is 0.303 e. The minimum absolute atomic E-state index is 0.325.